The summed E-state index contributed by atoms with van der Waals surface area (Å²) in [7, 11) is 0. The van der Waals surface area contributed by atoms with E-state index in [2.05, 4.69) is 20.9 Å². The van der Waals surface area contributed by atoms with Crippen LogP contribution in [0.4, 0.5) is 0 Å². The molecule has 3 aromatic rings. The van der Waals surface area contributed by atoms with Crippen LogP contribution in [0.1, 0.15) is 4.88 Å². The molecule has 0 aliphatic rings. The molecule has 20 heavy (non-hydrogen) atoms. The molecule has 1 aromatic carbocycles. The third-order valence-corrected chi connectivity index (χ3v) is 4.62. The van der Waals surface area contributed by atoms with Crippen molar-refractivity contribution < 1.29 is 0 Å². The highest BCUT2D eigenvalue weighted by Gasteiger charge is 2.15. The van der Waals surface area contributed by atoms with Crippen molar-refractivity contribution in [3.8, 4) is 22.0 Å². The van der Waals surface area contributed by atoms with Crippen molar-refractivity contribution in [3.63, 3.8) is 0 Å². The van der Waals surface area contributed by atoms with Gasteiger partial charge in [0, 0.05) is 27.7 Å². The summed E-state index contributed by atoms with van der Waals surface area (Å²) in [5.74, 6) is 0. The van der Waals surface area contributed by atoms with Crippen LogP contribution in [0.15, 0.2) is 53.1 Å². The van der Waals surface area contributed by atoms with Gasteiger partial charge in [-0.05, 0) is 28.1 Å². The molecule has 0 unspecified atom stereocenters. The van der Waals surface area contributed by atoms with Crippen molar-refractivity contribution in [2.45, 2.75) is 6.54 Å². The normalized spacial score (nSPS) is 10.7. The molecule has 3 rings (SSSR count). The van der Waals surface area contributed by atoms with Gasteiger partial charge in [-0.15, -0.1) is 11.3 Å². The molecule has 0 radical (unpaired) electrons. The topological polar surface area (TPSA) is 51.8 Å². The molecule has 0 saturated carbocycles. The van der Waals surface area contributed by atoms with E-state index in [1.165, 1.54) is 0 Å². The third kappa shape index (κ3) is 2.52. The van der Waals surface area contributed by atoms with Gasteiger partial charge >= 0.3 is 0 Å². The number of hydrogen-bond acceptors (Lipinski definition) is 4. The number of thiazole rings is 1. The van der Waals surface area contributed by atoms with E-state index < -0.39 is 0 Å². The van der Waals surface area contributed by atoms with Crippen LogP contribution in [0, 0.1) is 0 Å². The average molecular weight is 346 g/mol. The zero-order valence-corrected chi connectivity index (χ0v) is 13.0. The second-order valence-electron chi connectivity index (χ2n) is 4.19. The van der Waals surface area contributed by atoms with Gasteiger partial charge in [0.25, 0.3) is 0 Å². The molecule has 2 heterocycles. The van der Waals surface area contributed by atoms with Crippen molar-refractivity contribution in [3.05, 3.63) is 58.0 Å². The fourth-order valence-corrected chi connectivity index (χ4v) is 3.50. The largest absolute Gasteiger partial charge is 0.326 e. The first-order valence-corrected chi connectivity index (χ1v) is 7.76. The van der Waals surface area contributed by atoms with Gasteiger partial charge in [-0.3, -0.25) is 4.98 Å². The number of nitrogens with zero attached hydrogens (tertiary/aromatic N) is 2. The molecular weight excluding hydrogens is 334 g/mol. The highest BCUT2D eigenvalue weighted by Crippen LogP contribution is 2.35. The van der Waals surface area contributed by atoms with Crippen molar-refractivity contribution in [2.75, 3.05) is 0 Å². The SMILES string of the molecule is NCc1sc(-c2ncccc2Br)nc1-c1ccccc1. The minimum absolute atomic E-state index is 0.479. The van der Waals surface area contributed by atoms with E-state index in [-0.39, 0.29) is 0 Å². The average Bonchev–Trinajstić information content (AvgIpc) is 2.92. The fraction of sp³-hybridized carbons (Fsp3) is 0.0667. The van der Waals surface area contributed by atoms with Crippen molar-refractivity contribution in [1.82, 2.24) is 9.97 Å². The predicted molar refractivity (Wildman–Crippen MR) is 86.4 cm³/mol. The van der Waals surface area contributed by atoms with Crippen molar-refractivity contribution in [1.29, 1.82) is 0 Å². The maximum atomic E-state index is 5.86. The summed E-state index contributed by atoms with van der Waals surface area (Å²) in [4.78, 5) is 10.2. The van der Waals surface area contributed by atoms with Gasteiger partial charge in [0.15, 0.2) is 0 Å². The van der Waals surface area contributed by atoms with Crippen LogP contribution in [-0.4, -0.2) is 9.97 Å². The van der Waals surface area contributed by atoms with Crippen molar-refractivity contribution in [2.24, 2.45) is 5.73 Å². The molecule has 0 aliphatic carbocycles. The lowest BCUT2D eigenvalue weighted by Gasteiger charge is -1.99. The molecule has 5 heteroatoms. The Hall–Kier alpha value is -1.56. The van der Waals surface area contributed by atoms with Gasteiger partial charge in [0.1, 0.15) is 10.7 Å². The summed E-state index contributed by atoms with van der Waals surface area (Å²) in [5, 5.41) is 0.886. The predicted octanol–water partition coefficient (Wildman–Crippen LogP) is 4.09. The minimum atomic E-state index is 0.479. The molecule has 0 spiro atoms. The number of pyridine rings is 1. The first-order valence-electron chi connectivity index (χ1n) is 6.15. The van der Waals surface area contributed by atoms with Crippen LogP contribution in [0.5, 0.6) is 0 Å². The van der Waals surface area contributed by atoms with Gasteiger partial charge in [-0.1, -0.05) is 30.3 Å². The number of benzene rings is 1. The number of hydrogen-bond donors (Lipinski definition) is 1. The fourth-order valence-electron chi connectivity index (χ4n) is 1.96. The van der Waals surface area contributed by atoms with Crippen LogP contribution >= 0.6 is 27.3 Å². The number of halogens is 1. The van der Waals surface area contributed by atoms with Gasteiger partial charge in [0.05, 0.1) is 5.69 Å². The van der Waals surface area contributed by atoms with Gasteiger partial charge in [0.2, 0.25) is 0 Å². The van der Waals surface area contributed by atoms with E-state index in [1.807, 2.05) is 42.5 Å². The maximum Gasteiger partial charge on any atom is 0.144 e. The van der Waals surface area contributed by atoms with E-state index in [4.69, 9.17) is 10.7 Å². The lowest BCUT2D eigenvalue weighted by Crippen LogP contribution is -1.95. The van der Waals surface area contributed by atoms with Gasteiger partial charge < -0.3 is 5.73 Å². The van der Waals surface area contributed by atoms with E-state index in [1.54, 1.807) is 17.5 Å². The number of aromatic nitrogens is 2. The summed E-state index contributed by atoms with van der Waals surface area (Å²) >= 11 is 5.11. The Balaban J connectivity index is 2.13. The third-order valence-electron chi connectivity index (χ3n) is 2.89. The summed E-state index contributed by atoms with van der Waals surface area (Å²) in [6.07, 6.45) is 1.77. The second kappa shape index (κ2) is 5.83. The lowest BCUT2D eigenvalue weighted by molar-refractivity contribution is 1.10. The Morgan fingerprint density at radius 2 is 1.85 bits per heavy atom. The van der Waals surface area contributed by atoms with Crippen LogP contribution in [0.2, 0.25) is 0 Å². The van der Waals surface area contributed by atoms with E-state index in [0.29, 0.717) is 6.54 Å². The molecule has 0 bridgehead atoms. The molecule has 100 valence electrons. The molecule has 2 N–H and O–H groups in total. The molecule has 0 amide bonds. The standard InChI is InChI=1S/C15H12BrN3S/c16-11-7-4-8-18-14(11)15-19-13(12(9-17)20-15)10-5-2-1-3-6-10/h1-8H,9,17H2. The van der Waals surface area contributed by atoms with E-state index >= 15 is 0 Å². The Bertz CT molecular complexity index is 725. The Kier molecular flexibility index (Phi) is 3.91. The lowest BCUT2D eigenvalue weighted by atomic mass is 10.1. The van der Waals surface area contributed by atoms with Gasteiger partial charge in [-0.25, -0.2) is 4.98 Å². The van der Waals surface area contributed by atoms with Gasteiger partial charge in [-0.2, -0.15) is 0 Å². The minimum Gasteiger partial charge on any atom is -0.326 e. The van der Waals surface area contributed by atoms with Crippen LogP contribution < -0.4 is 5.73 Å². The van der Waals surface area contributed by atoms with Crippen molar-refractivity contribution >= 4 is 27.3 Å². The Labute approximate surface area is 129 Å². The number of rotatable bonds is 3. The number of nitrogens with two attached hydrogens (primary N) is 1. The monoisotopic (exact) mass is 345 g/mol. The molecule has 0 saturated heterocycles. The Morgan fingerprint density at radius 1 is 1.05 bits per heavy atom. The molecule has 0 aliphatic heterocycles. The molecule has 2 aromatic heterocycles. The van der Waals surface area contributed by atoms with E-state index in [9.17, 15) is 0 Å². The zero-order chi connectivity index (χ0) is 13.9. The first kappa shape index (κ1) is 13.4. The van der Waals surface area contributed by atoms with Crippen LogP contribution in [0.25, 0.3) is 22.0 Å². The zero-order valence-electron chi connectivity index (χ0n) is 10.6. The molecule has 0 fully saturated rings. The molecular formula is C15H12BrN3S. The Morgan fingerprint density at radius 3 is 2.55 bits per heavy atom. The summed E-state index contributed by atoms with van der Waals surface area (Å²) in [5.41, 5.74) is 8.75. The van der Waals surface area contributed by atoms with Crippen LogP contribution in [0.3, 0.4) is 0 Å². The summed E-state index contributed by atoms with van der Waals surface area (Å²) in [6.45, 7) is 0.479. The van der Waals surface area contributed by atoms with E-state index in [0.717, 1.165) is 31.3 Å². The first-order chi connectivity index (χ1) is 9.79. The molecule has 0 atom stereocenters. The summed E-state index contributed by atoms with van der Waals surface area (Å²) < 4.78 is 0.942. The quantitative estimate of drug-likeness (QED) is 0.777. The second-order valence-corrected chi connectivity index (χ2v) is 6.13. The molecule has 3 nitrogen and oxygen atoms in total. The maximum absolute atomic E-state index is 5.86. The summed E-state index contributed by atoms with van der Waals surface area (Å²) in [6, 6.07) is 14.0. The highest BCUT2D eigenvalue weighted by atomic mass is 79.9. The highest BCUT2D eigenvalue weighted by molar-refractivity contribution is 9.10. The smallest absolute Gasteiger partial charge is 0.144 e. The van der Waals surface area contributed by atoms with Crippen LogP contribution in [-0.2, 0) is 6.54 Å².